The number of pyridine rings is 1. The van der Waals surface area contributed by atoms with E-state index >= 15 is 0 Å². The second kappa shape index (κ2) is 5.37. The van der Waals surface area contributed by atoms with Crippen molar-refractivity contribution in [2.24, 2.45) is 0 Å². The van der Waals surface area contributed by atoms with Crippen LogP contribution in [-0.2, 0) is 6.54 Å². The molecule has 0 saturated heterocycles. The SMILES string of the molecule is Cc1cc(C)n(-c2ccc(CNC(C)(C)C)c(C)n2)n1. The van der Waals surface area contributed by atoms with Gasteiger partial charge in [-0.1, -0.05) is 6.07 Å². The number of hydrogen-bond acceptors (Lipinski definition) is 3. The lowest BCUT2D eigenvalue weighted by Gasteiger charge is -2.21. The van der Waals surface area contributed by atoms with Crippen molar-refractivity contribution in [3.05, 3.63) is 40.8 Å². The largest absolute Gasteiger partial charge is 0.308 e. The molecule has 2 aromatic heterocycles. The van der Waals surface area contributed by atoms with Crippen LogP contribution in [0.25, 0.3) is 5.82 Å². The zero-order valence-electron chi connectivity index (χ0n) is 13.3. The second-order valence-corrected chi connectivity index (χ2v) is 6.36. The highest BCUT2D eigenvalue weighted by Crippen LogP contribution is 2.14. The van der Waals surface area contributed by atoms with Crippen LogP contribution in [0, 0.1) is 20.8 Å². The van der Waals surface area contributed by atoms with E-state index in [0.717, 1.165) is 29.4 Å². The highest BCUT2D eigenvalue weighted by molar-refractivity contribution is 5.31. The molecule has 0 radical (unpaired) electrons. The van der Waals surface area contributed by atoms with Crippen LogP contribution in [0.15, 0.2) is 18.2 Å². The normalized spacial score (nSPS) is 11.9. The summed E-state index contributed by atoms with van der Waals surface area (Å²) in [5.74, 6) is 0.882. The lowest BCUT2D eigenvalue weighted by atomic mass is 10.1. The van der Waals surface area contributed by atoms with Gasteiger partial charge in [0.1, 0.15) is 0 Å². The van der Waals surface area contributed by atoms with Crippen molar-refractivity contribution >= 4 is 0 Å². The zero-order chi connectivity index (χ0) is 14.9. The monoisotopic (exact) mass is 272 g/mol. The molecule has 2 heterocycles. The molecule has 0 spiro atoms. The first kappa shape index (κ1) is 14.7. The van der Waals surface area contributed by atoms with Crippen LogP contribution >= 0.6 is 0 Å². The van der Waals surface area contributed by atoms with Crippen molar-refractivity contribution in [2.75, 3.05) is 0 Å². The summed E-state index contributed by atoms with van der Waals surface area (Å²) in [6.45, 7) is 13.4. The van der Waals surface area contributed by atoms with Gasteiger partial charge >= 0.3 is 0 Å². The molecule has 20 heavy (non-hydrogen) atoms. The maximum atomic E-state index is 4.68. The minimum Gasteiger partial charge on any atom is -0.308 e. The Morgan fingerprint density at radius 3 is 2.35 bits per heavy atom. The Morgan fingerprint density at radius 1 is 1.15 bits per heavy atom. The molecule has 0 saturated carbocycles. The van der Waals surface area contributed by atoms with Crippen LogP contribution in [0.4, 0.5) is 0 Å². The molecule has 2 aromatic rings. The summed E-state index contributed by atoms with van der Waals surface area (Å²) in [7, 11) is 0. The third-order valence-electron chi connectivity index (χ3n) is 3.22. The number of aryl methyl sites for hydroxylation is 3. The van der Waals surface area contributed by atoms with E-state index in [1.807, 2.05) is 24.6 Å². The summed E-state index contributed by atoms with van der Waals surface area (Å²) < 4.78 is 1.89. The van der Waals surface area contributed by atoms with E-state index in [-0.39, 0.29) is 5.54 Å². The molecular weight excluding hydrogens is 248 g/mol. The smallest absolute Gasteiger partial charge is 0.153 e. The number of rotatable bonds is 3. The lowest BCUT2D eigenvalue weighted by Crippen LogP contribution is -2.35. The summed E-state index contributed by atoms with van der Waals surface area (Å²) in [6, 6.07) is 6.23. The predicted octanol–water partition coefficient (Wildman–Crippen LogP) is 3.08. The van der Waals surface area contributed by atoms with Crippen LogP contribution in [0.1, 0.15) is 43.4 Å². The van der Waals surface area contributed by atoms with E-state index in [1.165, 1.54) is 5.56 Å². The molecule has 108 valence electrons. The van der Waals surface area contributed by atoms with Gasteiger partial charge < -0.3 is 5.32 Å². The van der Waals surface area contributed by atoms with Crippen LogP contribution in [0.5, 0.6) is 0 Å². The number of nitrogens with one attached hydrogen (secondary N) is 1. The van der Waals surface area contributed by atoms with E-state index in [1.54, 1.807) is 0 Å². The molecule has 2 rings (SSSR count). The van der Waals surface area contributed by atoms with Gasteiger partial charge in [0.15, 0.2) is 5.82 Å². The fourth-order valence-electron chi connectivity index (χ4n) is 2.10. The molecule has 0 amide bonds. The highest BCUT2D eigenvalue weighted by Gasteiger charge is 2.11. The Bertz CT molecular complexity index is 605. The summed E-state index contributed by atoms with van der Waals surface area (Å²) in [4.78, 5) is 4.68. The Labute approximate surface area is 121 Å². The van der Waals surface area contributed by atoms with Crippen LogP contribution in [0.3, 0.4) is 0 Å². The lowest BCUT2D eigenvalue weighted by molar-refractivity contribution is 0.423. The molecule has 0 bridgehead atoms. The summed E-state index contributed by atoms with van der Waals surface area (Å²) in [5, 5.41) is 7.97. The average Bonchev–Trinajstić information content (AvgIpc) is 2.65. The second-order valence-electron chi connectivity index (χ2n) is 6.36. The molecule has 0 aromatic carbocycles. The predicted molar refractivity (Wildman–Crippen MR) is 82.2 cm³/mol. The fourth-order valence-corrected chi connectivity index (χ4v) is 2.10. The van der Waals surface area contributed by atoms with Gasteiger partial charge in [0.05, 0.1) is 5.69 Å². The van der Waals surface area contributed by atoms with Crippen molar-refractivity contribution in [3.63, 3.8) is 0 Å². The molecule has 0 aliphatic carbocycles. The molecule has 0 aliphatic heterocycles. The van der Waals surface area contributed by atoms with Gasteiger partial charge in [-0.25, -0.2) is 9.67 Å². The average molecular weight is 272 g/mol. The molecule has 0 atom stereocenters. The van der Waals surface area contributed by atoms with E-state index in [2.05, 4.69) is 55.2 Å². The highest BCUT2D eigenvalue weighted by atomic mass is 15.3. The maximum Gasteiger partial charge on any atom is 0.153 e. The Morgan fingerprint density at radius 2 is 1.85 bits per heavy atom. The maximum absolute atomic E-state index is 4.68. The topological polar surface area (TPSA) is 42.7 Å². The van der Waals surface area contributed by atoms with Gasteiger partial charge in [-0.15, -0.1) is 0 Å². The fraction of sp³-hybridized carbons (Fsp3) is 0.500. The first-order valence-corrected chi connectivity index (χ1v) is 7.01. The van der Waals surface area contributed by atoms with Crippen LogP contribution in [0.2, 0.25) is 0 Å². The van der Waals surface area contributed by atoms with Gasteiger partial charge in [-0.05, 0) is 59.2 Å². The third kappa shape index (κ3) is 3.45. The molecule has 0 fully saturated rings. The van der Waals surface area contributed by atoms with E-state index in [9.17, 15) is 0 Å². The van der Waals surface area contributed by atoms with Crippen molar-refractivity contribution < 1.29 is 0 Å². The summed E-state index contributed by atoms with van der Waals surface area (Å²) in [5.41, 5.74) is 4.51. The van der Waals surface area contributed by atoms with Gasteiger partial charge in [-0.2, -0.15) is 5.10 Å². The molecular formula is C16H24N4. The first-order valence-electron chi connectivity index (χ1n) is 7.01. The molecule has 1 N–H and O–H groups in total. The van der Waals surface area contributed by atoms with Crippen molar-refractivity contribution in [2.45, 2.75) is 53.6 Å². The molecule has 0 aliphatic rings. The summed E-state index contributed by atoms with van der Waals surface area (Å²) >= 11 is 0. The number of hydrogen-bond donors (Lipinski definition) is 1. The van der Waals surface area contributed by atoms with E-state index < -0.39 is 0 Å². The Kier molecular flexibility index (Phi) is 3.95. The zero-order valence-corrected chi connectivity index (χ0v) is 13.3. The Balaban J connectivity index is 2.24. The van der Waals surface area contributed by atoms with Crippen LogP contribution in [-0.4, -0.2) is 20.3 Å². The van der Waals surface area contributed by atoms with Gasteiger partial charge in [-0.3, -0.25) is 0 Å². The van der Waals surface area contributed by atoms with Crippen molar-refractivity contribution in [1.82, 2.24) is 20.1 Å². The van der Waals surface area contributed by atoms with Gasteiger partial charge in [0.25, 0.3) is 0 Å². The van der Waals surface area contributed by atoms with Gasteiger partial charge in [0.2, 0.25) is 0 Å². The van der Waals surface area contributed by atoms with Crippen LogP contribution < -0.4 is 5.32 Å². The molecule has 4 heteroatoms. The van der Waals surface area contributed by atoms with E-state index in [4.69, 9.17) is 0 Å². The van der Waals surface area contributed by atoms with Crippen molar-refractivity contribution in [1.29, 1.82) is 0 Å². The van der Waals surface area contributed by atoms with E-state index in [0.29, 0.717) is 0 Å². The summed E-state index contributed by atoms with van der Waals surface area (Å²) in [6.07, 6.45) is 0. The number of nitrogens with zero attached hydrogens (tertiary/aromatic N) is 3. The molecule has 0 unspecified atom stereocenters. The number of aromatic nitrogens is 3. The quantitative estimate of drug-likeness (QED) is 0.933. The third-order valence-corrected chi connectivity index (χ3v) is 3.22. The standard InChI is InChI=1S/C16H24N4/c1-11-9-12(2)20(19-11)15-8-7-14(13(3)18-15)10-17-16(4,5)6/h7-9,17H,10H2,1-6H3. The van der Waals surface area contributed by atoms with Gasteiger partial charge in [0, 0.05) is 23.5 Å². The van der Waals surface area contributed by atoms with Crippen molar-refractivity contribution in [3.8, 4) is 5.82 Å². The minimum atomic E-state index is 0.112. The first-order chi connectivity index (χ1) is 9.26. The Hall–Kier alpha value is -1.68. The molecule has 4 nitrogen and oxygen atoms in total. The minimum absolute atomic E-state index is 0.112.